The van der Waals surface area contributed by atoms with Crippen LogP contribution >= 0.6 is 0 Å². The van der Waals surface area contributed by atoms with Crippen LogP contribution in [0.2, 0.25) is 0 Å². The first-order valence-corrected chi connectivity index (χ1v) is 8.56. The Morgan fingerprint density at radius 2 is 2.08 bits per heavy atom. The molecule has 1 atom stereocenters. The van der Waals surface area contributed by atoms with E-state index in [1.54, 1.807) is 0 Å². The van der Waals surface area contributed by atoms with Crippen molar-refractivity contribution in [3.8, 4) is 0 Å². The van der Waals surface area contributed by atoms with E-state index >= 15 is 0 Å². The van der Waals surface area contributed by atoms with E-state index in [-0.39, 0.29) is 12.0 Å². The van der Waals surface area contributed by atoms with Crippen molar-refractivity contribution in [3.05, 3.63) is 47.6 Å². The van der Waals surface area contributed by atoms with Crippen LogP contribution in [0, 0.1) is 0 Å². The summed E-state index contributed by atoms with van der Waals surface area (Å²) in [5.74, 6) is 1.72. The van der Waals surface area contributed by atoms with Crippen molar-refractivity contribution < 1.29 is 14.1 Å². The normalized spacial score (nSPS) is 21.1. The molecular weight excluding hydrogens is 306 g/mol. The Morgan fingerprint density at radius 3 is 2.88 bits per heavy atom. The molecule has 24 heavy (non-hydrogen) atoms. The highest BCUT2D eigenvalue weighted by atomic mass is 16.5. The van der Waals surface area contributed by atoms with Gasteiger partial charge in [0.15, 0.2) is 5.82 Å². The Morgan fingerprint density at radius 1 is 1.25 bits per heavy atom. The molecule has 1 aromatic heterocycles. The van der Waals surface area contributed by atoms with E-state index in [9.17, 15) is 4.79 Å². The van der Waals surface area contributed by atoms with Crippen molar-refractivity contribution >= 4 is 5.97 Å². The largest absolute Gasteiger partial charge is 0.460 e. The molecule has 126 valence electrons. The average Bonchev–Trinajstić information content (AvgIpc) is 3.18. The number of hydrogen-bond donors (Lipinski definition) is 0. The van der Waals surface area contributed by atoms with Crippen molar-refractivity contribution in [1.29, 1.82) is 0 Å². The van der Waals surface area contributed by atoms with Gasteiger partial charge in [0, 0.05) is 5.92 Å². The van der Waals surface area contributed by atoms with Gasteiger partial charge in [0.1, 0.15) is 12.6 Å². The lowest BCUT2D eigenvalue weighted by Crippen LogP contribution is -2.36. The molecule has 2 fully saturated rings. The molecule has 0 unspecified atom stereocenters. The minimum absolute atomic E-state index is 0.168. The topological polar surface area (TPSA) is 68.5 Å². The molecule has 1 saturated heterocycles. The third-order valence-electron chi connectivity index (χ3n) is 4.62. The number of carbonyl (C=O) groups excluding carboxylic acids is 1. The summed E-state index contributed by atoms with van der Waals surface area (Å²) in [5.41, 5.74) is 1.00. The van der Waals surface area contributed by atoms with E-state index in [0.717, 1.165) is 43.6 Å². The number of rotatable bonds is 6. The summed E-state index contributed by atoms with van der Waals surface area (Å²) in [4.78, 5) is 18.9. The Balaban J connectivity index is 1.34. The van der Waals surface area contributed by atoms with Crippen LogP contribution in [0.15, 0.2) is 34.9 Å². The van der Waals surface area contributed by atoms with Gasteiger partial charge in [-0.05, 0) is 37.8 Å². The van der Waals surface area contributed by atoms with Crippen LogP contribution in [0.3, 0.4) is 0 Å². The highest BCUT2D eigenvalue weighted by Crippen LogP contribution is 2.38. The van der Waals surface area contributed by atoms with E-state index in [1.165, 1.54) is 0 Å². The molecule has 2 heterocycles. The number of likely N-dealkylation sites (tertiary alicyclic amines) is 1. The average molecular weight is 327 g/mol. The van der Waals surface area contributed by atoms with Crippen LogP contribution in [0.25, 0.3) is 0 Å². The SMILES string of the molecule is O=C(OCc1ccccc1)[C@H]1CCCN1Cc1nc(C2CC2)no1. The number of carbonyl (C=O) groups is 1. The summed E-state index contributed by atoms with van der Waals surface area (Å²) < 4.78 is 10.8. The molecule has 6 heteroatoms. The fraction of sp³-hybridized carbons (Fsp3) is 0.500. The van der Waals surface area contributed by atoms with Crippen molar-refractivity contribution in [1.82, 2.24) is 15.0 Å². The van der Waals surface area contributed by atoms with Gasteiger partial charge in [0.25, 0.3) is 0 Å². The predicted molar refractivity (Wildman–Crippen MR) is 85.9 cm³/mol. The molecule has 0 spiro atoms. The summed E-state index contributed by atoms with van der Waals surface area (Å²) in [6, 6.07) is 9.53. The molecule has 1 aliphatic carbocycles. The van der Waals surface area contributed by atoms with E-state index in [2.05, 4.69) is 15.0 Å². The molecule has 0 radical (unpaired) electrons. The zero-order valence-electron chi connectivity index (χ0n) is 13.6. The number of esters is 1. The maximum Gasteiger partial charge on any atom is 0.323 e. The van der Waals surface area contributed by atoms with Crippen molar-refractivity contribution in [2.24, 2.45) is 0 Å². The van der Waals surface area contributed by atoms with Gasteiger partial charge < -0.3 is 9.26 Å². The molecule has 1 aromatic carbocycles. The fourth-order valence-electron chi connectivity index (χ4n) is 3.12. The van der Waals surface area contributed by atoms with Gasteiger partial charge in [-0.2, -0.15) is 4.98 Å². The first-order valence-electron chi connectivity index (χ1n) is 8.56. The summed E-state index contributed by atoms with van der Waals surface area (Å²) in [5, 5.41) is 4.04. The first-order chi connectivity index (χ1) is 11.8. The summed E-state index contributed by atoms with van der Waals surface area (Å²) in [6.45, 7) is 1.69. The standard InChI is InChI=1S/C18H21N3O3/c22-18(23-12-13-5-2-1-3-6-13)15-7-4-10-21(15)11-16-19-17(20-24-16)14-8-9-14/h1-3,5-6,14-15H,4,7-12H2/t15-/m1/s1. The molecular formula is C18H21N3O3. The van der Waals surface area contributed by atoms with Gasteiger partial charge in [0.05, 0.1) is 6.54 Å². The number of benzene rings is 1. The maximum absolute atomic E-state index is 12.4. The van der Waals surface area contributed by atoms with Crippen LogP contribution < -0.4 is 0 Å². The third kappa shape index (κ3) is 3.48. The van der Waals surface area contributed by atoms with Crippen molar-refractivity contribution in [2.75, 3.05) is 6.54 Å². The lowest BCUT2D eigenvalue weighted by Gasteiger charge is -2.21. The number of nitrogens with zero attached hydrogens (tertiary/aromatic N) is 3. The number of ether oxygens (including phenoxy) is 1. The number of hydrogen-bond acceptors (Lipinski definition) is 6. The lowest BCUT2D eigenvalue weighted by atomic mass is 10.2. The van der Waals surface area contributed by atoms with Crippen LogP contribution in [-0.2, 0) is 22.7 Å². The minimum atomic E-state index is -0.218. The minimum Gasteiger partial charge on any atom is -0.460 e. The second kappa shape index (κ2) is 6.73. The monoisotopic (exact) mass is 327 g/mol. The Kier molecular flexibility index (Phi) is 4.30. The smallest absolute Gasteiger partial charge is 0.323 e. The first kappa shape index (κ1) is 15.3. The second-order valence-electron chi connectivity index (χ2n) is 6.54. The molecule has 2 aromatic rings. The van der Waals surface area contributed by atoms with E-state index in [0.29, 0.717) is 25.0 Å². The van der Waals surface area contributed by atoms with Gasteiger partial charge in [-0.1, -0.05) is 35.5 Å². The van der Waals surface area contributed by atoms with E-state index in [1.807, 2.05) is 30.3 Å². The summed E-state index contributed by atoms with van der Waals surface area (Å²) >= 11 is 0. The third-order valence-corrected chi connectivity index (χ3v) is 4.62. The molecule has 4 rings (SSSR count). The van der Waals surface area contributed by atoms with Gasteiger partial charge in [-0.25, -0.2) is 0 Å². The highest BCUT2D eigenvalue weighted by Gasteiger charge is 2.34. The Bertz CT molecular complexity index is 697. The quantitative estimate of drug-likeness (QED) is 0.760. The molecule has 6 nitrogen and oxygen atoms in total. The lowest BCUT2D eigenvalue weighted by molar-refractivity contribution is -0.150. The Labute approximate surface area is 140 Å². The molecule has 1 saturated carbocycles. The predicted octanol–water partition coefficient (Wildman–Crippen LogP) is 2.65. The highest BCUT2D eigenvalue weighted by molar-refractivity contribution is 5.76. The fourth-order valence-corrected chi connectivity index (χ4v) is 3.12. The van der Waals surface area contributed by atoms with E-state index < -0.39 is 0 Å². The summed E-state index contributed by atoms with van der Waals surface area (Å²) in [6.07, 6.45) is 4.10. The van der Waals surface area contributed by atoms with Gasteiger partial charge in [-0.15, -0.1) is 0 Å². The van der Waals surface area contributed by atoms with Gasteiger partial charge >= 0.3 is 5.97 Å². The summed E-state index contributed by atoms with van der Waals surface area (Å²) in [7, 11) is 0. The van der Waals surface area contributed by atoms with Crippen LogP contribution in [0.4, 0.5) is 0 Å². The molecule has 0 N–H and O–H groups in total. The Hall–Kier alpha value is -2.21. The molecule has 0 bridgehead atoms. The van der Waals surface area contributed by atoms with Crippen molar-refractivity contribution in [2.45, 2.75) is 50.8 Å². The van der Waals surface area contributed by atoms with Crippen LogP contribution in [-0.4, -0.2) is 33.6 Å². The zero-order valence-corrected chi connectivity index (χ0v) is 13.6. The van der Waals surface area contributed by atoms with Gasteiger partial charge in [-0.3, -0.25) is 9.69 Å². The van der Waals surface area contributed by atoms with E-state index in [4.69, 9.17) is 9.26 Å². The molecule has 0 amide bonds. The van der Waals surface area contributed by atoms with Crippen LogP contribution in [0.1, 0.15) is 48.9 Å². The number of aromatic nitrogens is 2. The zero-order chi connectivity index (χ0) is 16.4. The van der Waals surface area contributed by atoms with Crippen molar-refractivity contribution in [3.63, 3.8) is 0 Å². The van der Waals surface area contributed by atoms with Crippen LogP contribution in [0.5, 0.6) is 0 Å². The molecule has 1 aliphatic heterocycles. The van der Waals surface area contributed by atoms with Gasteiger partial charge in [0.2, 0.25) is 5.89 Å². The molecule has 2 aliphatic rings. The maximum atomic E-state index is 12.4. The second-order valence-corrected chi connectivity index (χ2v) is 6.54.